The third kappa shape index (κ3) is 5.47. The van der Waals surface area contributed by atoms with Crippen LogP contribution >= 0.6 is 0 Å². The van der Waals surface area contributed by atoms with Gasteiger partial charge in [-0.3, -0.25) is 15.0 Å². The van der Waals surface area contributed by atoms with Gasteiger partial charge >= 0.3 is 6.03 Å². The maximum absolute atomic E-state index is 12.7. The topological polar surface area (TPSA) is 79.9 Å². The molecule has 0 heterocycles. The lowest BCUT2D eigenvalue weighted by atomic mass is 10.0. The number of benzene rings is 2. The maximum atomic E-state index is 12.7. The van der Waals surface area contributed by atoms with E-state index in [1.807, 2.05) is 67.4 Å². The minimum Gasteiger partial charge on any atom is -0.493 e. The molecule has 2 aromatic carbocycles. The van der Waals surface area contributed by atoms with Crippen molar-refractivity contribution in [2.75, 3.05) is 27.8 Å². The first kappa shape index (κ1) is 21.2. The number of ether oxygens (including phenoxy) is 2. The van der Waals surface area contributed by atoms with Crippen LogP contribution < -0.4 is 20.1 Å². The van der Waals surface area contributed by atoms with E-state index in [9.17, 15) is 9.59 Å². The summed E-state index contributed by atoms with van der Waals surface area (Å²) in [4.78, 5) is 26.3. The van der Waals surface area contributed by atoms with Crippen molar-refractivity contribution in [1.29, 1.82) is 0 Å². The first-order chi connectivity index (χ1) is 13.5. The van der Waals surface area contributed by atoms with Gasteiger partial charge in [0, 0.05) is 13.6 Å². The molecule has 150 valence electrons. The second-order valence-corrected chi connectivity index (χ2v) is 6.21. The van der Waals surface area contributed by atoms with E-state index in [4.69, 9.17) is 9.47 Å². The molecular formula is C21H27N3O4. The summed E-state index contributed by atoms with van der Waals surface area (Å²) in [7, 11) is 4.90. The van der Waals surface area contributed by atoms with Crippen LogP contribution in [-0.2, 0) is 11.3 Å². The molecule has 2 N–H and O–H groups in total. The second kappa shape index (κ2) is 10.3. The summed E-state index contributed by atoms with van der Waals surface area (Å²) in [6.45, 7) is 2.94. The number of carbonyl (C=O) groups excluding carboxylic acids is 2. The number of methoxy groups -OCH3 is 1. The van der Waals surface area contributed by atoms with Crippen molar-refractivity contribution in [2.24, 2.45) is 0 Å². The lowest BCUT2D eigenvalue weighted by molar-refractivity contribution is -0.125. The van der Waals surface area contributed by atoms with Crippen molar-refractivity contribution >= 4 is 11.9 Å². The summed E-state index contributed by atoms with van der Waals surface area (Å²) in [5.41, 5.74) is 1.75. The average Bonchev–Trinajstić information content (AvgIpc) is 2.70. The fourth-order valence-electron chi connectivity index (χ4n) is 2.95. The van der Waals surface area contributed by atoms with Crippen LogP contribution in [0, 0.1) is 0 Å². The summed E-state index contributed by atoms with van der Waals surface area (Å²) in [6.07, 6.45) is 0. The molecular weight excluding hydrogens is 358 g/mol. The van der Waals surface area contributed by atoms with Crippen molar-refractivity contribution in [2.45, 2.75) is 19.5 Å². The van der Waals surface area contributed by atoms with E-state index in [-0.39, 0.29) is 0 Å². The smallest absolute Gasteiger partial charge is 0.321 e. The van der Waals surface area contributed by atoms with Crippen LogP contribution in [0.3, 0.4) is 0 Å². The predicted molar refractivity (Wildman–Crippen MR) is 107 cm³/mol. The van der Waals surface area contributed by atoms with Gasteiger partial charge in [0.1, 0.15) is 6.04 Å². The standard InChI is InChI=1S/C21H27N3O4/c1-5-28-17-12-11-15(13-18(17)27-4)14-24(3)19(16-9-7-6-8-10-16)20(25)23-21(26)22-2/h6-13,19H,5,14H2,1-4H3,(H2,22,23,25,26)/t19-/m0/s1. The highest BCUT2D eigenvalue weighted by molar-refractivity contribution is 5.97. The number of likely N-dealkylation sites (N-methyl/N-ethyl adjacent to an activating group) is 1. The number of nitrogens with zero attached hydrogens (tertiary/aromatic N) is 1. The van der Waals surface area contributed by atoms with Gasteiger partial charge in [0.25, 0.3) is 0 Å². The lowest BCUT2D eigenvalue weighted by Crippen LogP contribution is -2.44. The maximum Gasteiger partial charge on any atom is 0.321 e. The Hall–Kier alpha value is -3.06. The van der Waals surface area contributed by atoms with Crippen molar-refractivity contribution in [3.8, 4) is 11.5 Å². The zero-order chi connectivity index (χ0) is 20.5. The number of imide groups is 1. The summed E-state index contributed by atoms with van der Waals surface area (Å²) < 4.78 is 11.0. The molecule has 0 saturated carbocycles. The Morgan fingerprint density at radius 3 is 2.43 bits per heavy atom. The van der Waals surface area contributed by atoms with Gasteiger partial charge < -0.3 is 14.8 Å². The van der Waals surface area contributed by atoms with E-state index in [1.54, 1.807) is 7.11 Å². The van der Waals surface area contributed by atoms with Crippen molar-refractivity contribution in [1.82, 2.24) is 15.5 Å². The van der Waals surface area contributed by atoms with E-state index in [1.165, 1.54) is 7.05 Å². The molecule has 0 aliphatic rings. The highest BCUT2D eigenvalue weighted by atomic mass is 16.5. The van der Waals surface area contributed by atoms with Gasteiger partial charge in [0.05, 0.1) is 13.7 Å². The summed E-state index contributed by atoms with van der Waals surface area (Å²) >= 11 is 0. The fourth-order valence-corrected chi connectivity index (χ4v) is 2.95. The normalized spacial score (nSPS) is 11.6. The van der Waals surface area contributed by atoms with E-state index in [2.05, 4.69) is 10.6 Å². The van der Waals surface area contributed by atoms with Crippen molar-refractivity contribution in [3.63, 3.8) is 0 Å². The number of amides is 3. The zero-order valence-corrected chi connectivity index (χ0v) is 16.7. The van der Waals surface area contributed by atoms with Crippen LogP contribution in [-0.4, -0.2) is 44.7 Å². The molecule has 0 unspecified atom stereocenters. The van der Waals surface area contributed by atoms with Gasteiger partial charge in [-0.05, 0) is 37.2 Å². The Labute approximate surface area is 165 Å². The largest absolute Gasteiger partial charge is 0.493 e. The second-order valence-electron chi connectivity index (χ2n) is 6.21. The molecule has 0 radical (unpaired) electrons. The van der Waals surface area contributed by atoms with Crippen LogP contribution in [0.1, 0.15) is 24.1 Å². The Morgan fingerprint density at radius 1 is 1.11 bits per heavy atom. The van der Waals surface area contributed by atoms with Crippen LogP contribution in [0.4, 0.5) is 4.79 Å². The van der Waals surface area contributed by atoms with E-state index in [0.717, 1.165) is 11.1 Å². The van der Waals surface area contributed by atoms with Crippen LogP contribution in [0.5, 0.6) is 11.5 Å². The van der Waals surface area contributed by atoms with Crippen molar-refractivity contribution in [3.05, 3.63) is 59.7 Å². The number of urea groups is 1. The number of nitrogens with one attached hydrogen (secondary N) is 2. The number of rotatable bonds is 8. The molecule has 7 heteroatoms. The molecule has 0 aromatic heterocycles. The highest BCUT2D eigenvalue weighted by Gasteiger charge is 2.26. The Morgan fingerprint density at radius 2 is 1.82 bits per heavy atom. The highest BCUT2D eigenvalue weighted by Crippen LogP contribution is 2.29. The molecule has 7 nitrogen and oxygen atoms in total. The van der Waals surface area contributed by atoms with Crippen LogP contribution in [0.25, 0.3) is 0 Å². The summed E-state index contributed by atoms with van der Waals surface area (Å²) in [6, 6.07) is 13.8. The summed E-state index contributed by atoms with van der Waals surface area (Å²) in [5, 5.41) is 4.77. The molecule has 0 spiro atoms. The van der Waals surface area contributed by atoms with Gasteiger partial charge in [-0.2, -0.15) is 0 Å². The molecule has 2 aromatic rings. The van der Waals surface area contributed by atoms with Crippen LogP contribution in [0.15, 0.2) is 48.5 Å². The van der Waals surface area contributed by atoms with E-state index < -0.39 is 18.0 Å². The van der Waals surface area contributed by atoms with Gasteiger partial charge in [0.2, 0.25) is 5.91 Å². The third-order valence-corrected chi connectivity index (χ3v) is 4.23. The minimum absolute atomic E-state index is 0.397. The molecule has 28 heavy (non-hydrogen) atoms. The van der Waals surface area contributed by atoms with E-state index in [0.29, 0.717) is 24.7 Å². The molecule has 0 aliphatic carbocycles. The first-order valence-electron chi connectivity index (χ1n) is 9.07. The molecule has 1 atom stereocenters. The van der Waals surface area contributed by atoms with Gasteiger partial charge in [0.15, 0.2) is 11.5 Å². The minimum atomic E-state index is -0.629. The summed E-state index contributed by atoms with van der Waals surface area (Å²) in [5.74, 6) is 0.915. The SMILES string of the molecule is CCOc1ccc(CN(C)[C@H](C(=O)NC(=O)NC)c2ccccc2)cc1OC. The number of hydrogen-bond acceptors (Lipinski definition) is 5. The third-order valence-electron chi connectivity index (χ3n) is 4.23. The average molecular weight is 385 g/mol. The molecule has 0 saturated heterocycles. The van der Waals surface area contributed by atoms with Crippen molar-refractivity contribution < 1.29 is 19.1 Å². The first-order valence-corrected chi connectivity index (χ1v) is 9.07. The van der Waals surface area contributed by atoms with Gasteiger partial charge in [-0.1, -0.05) is 36.4 Å². The van der Waals surface area contributed by atoms with Gasteiger partial charge in [-0.25, -0.2) is 4.79 Å². The molecule has 3 amide bonds. The quantitative estimate of drug-likeness (QED) is 0.730. The Kier molecular flexibility index (Phi) is 7.83. The van der Waals surface area contributed by atoms with Crippen LogP contribution in [0.2, 0.25) is 0 Å². The van der Waals surface area contributed by atoms with E-state index >= 15 is 0 Å². The number of carbonyl (C=O) groups is 2. The molecule has 0 bridgehead atoms. The fraction of sp³-hybridized carbons (Fsp3) is 0.333. The Balaban J connectivity index is 2.26. The van der Waals surface area contributed by atoms with Gasteiger partial charge in [-0.15, -0.1) is 0 Å². The monoisotopic (exact) mass is 385 g/mol. The predicted octanol–water partition coefficient (Wildman–Crippen LogP) is 2.72. The zero-order valence-electron chi connectivity index (χ0n) is 16.7. The molecule has 0 aliphatic heterocycles. The molecule has 2 rings (SSSR count). The molecule has 0 fully saturated rings. The lowest BCUT2D eigenvalue weighted by Gasteiger charge is -2.27. The number of hydrogen-bond donors (Lipinski definition) is 2. The Bertz CT molecular complexity index is 795.